The third-order valence-corrected chi connectivity index (χ3v) is 7.09. The SMILES string of the molecule is Fc1c(F)c(-c2c(F)c(F)c(-c3c(F)c(F)c(-c4c(F)c(F)c(Br)c(F)c4F)c(F)c3F)c(F)c2F)c(F)c(F)c1Br. The Kier molecular flexibility index (Phi) is 8.12. The van der Waals surface area contributed by atoms with Crippen molar-refractivity contribution in [1.29, 1.82) is 0 Å². The molecule has 0 saturated carbocycles. The summed E-state index contributed by atoms with van der Waals surface area (Å²) >= 11 is 4.11. The van der Waals surface area contributed by atoms with E-state index in [1.165, 1.54) is 0 Å². The second-order valence-corrected chi connectivity index (χ2v) is 9.49. The van der Waals surface area contributed by atoms with Crippen molar-refractivity contribution >= 4 is 31.9 Å². The molecular formula is C24Br2F16. The molecule has 0 bridgehead atoms. The predicted molar refractivity (Wildman–Crippen MR) is 117 cm³/mol. The zero-order chi connectivity index (χ0) is 31.9. The van der Waals surface area contributed by atoms with E-state index in [1.807, 2.05) is 0 Å². The van der Waals surface area contributed by atoms with Gasteiger partial charge in [0.1, 0.15) is 0 Å². The van der Waals surface area contributed by atoms with E-state index >= 15 is 0 Å². The zero-order valence-corrected chi connectivity index (χ0v) is 22.0. The molecule has 0 aliphatic carbocycles. The number of hydrogen-bond donors (Lipinski definition) is 0. The third kappa shape index (κ3) is 4.27. The molecule has 0 N–H and O–H groups in total. The van der Waals surface area contributed by atoms with Crippen LogP contribution in [0.2, 0.25) is 0 Å². The molecule has 0 radical (unpaired) electrons. The average Bonchev–Trinajstić information content (AvgIpc) is 2.96. The van der Waals surface area contributed by atoms with Gasteiger partial charge < -0.3 is 0 Å². The number of benzene rings is 4. The minimum Gasteiger partial charge on any atom is -0.203 e. The molecule has 18 heteroatoms. The van der Waals surface area contributed by atoms with Gasteiger partial charge in [-0.3, -0.25) is 0 Å². The molecule has 0 atom stereocenters. The largest absolute Gasteiger partial charge is 0.203 e. The molecule has 0 fully saturated rings. The fourth-order valence-corrected chi connectivity index (χ4v) is 4.49. The van der Waals surface area contributed by atoms with Crippen LogP contribution in [-0.4, -0.2) is 0 Å². The van der Waals surface area contributed by atoms with Crippen molar-refractivity contribution < 1.29 is 70.2 Å². The highest BCUT2D eigenvalue weighted by Gasteiger charge is 2.39. The summed E-state index contributed by atoms with van der Waals surface area (Å²) < 4.78 is 229. The van der Waals surface area contributed by atoms with E-state index in [0.717, 1.165) is 0 Å². The molecule has 4 aromatic rings. The van der Waals surface area contributed by atoms with Gasteiger partial charge in [0.15, 0.2) is 93.1 Å². The average molecular weight is 752 g/mol. The summed E-state index contributed by atoms with van der Waals surface area (Å²) in [7, 11) is 0. The van der Waals surface area contributed by atoms with Crippen LogP contribution in [-0.2, 0) is 0 Å². The van der Waals surface area contributed by atoms with Crippen molar-refractivity contribution in [3.8, 4) is 33.4 Å². The predicted octanol–water partition coefficient (Wildman–Crippen LogP) is 10.4. The molecule has 0 aliphatic heterocycles. The second-order valence-electron chi connectivity index (χ2n) is 7.90. The lowest BCUT2D eigenvalue weighted by Gasteiger charge is -2.17. The van der Waals surface area contributed by atoms with Gasteiger partial charge in [0.05, 0.1) is 42.3 Å². The lowest BCUT2D eigenvalue weighted by molar-refractivity contribution is 0.432. The summed E-state index contributed by atoms with van der Waals surface area (Å²) in [4.78, 5) is 0. The summed E-state index contributed by atoms with van der Waals surface area (Å²) in [6.07, 6.45) is 0. The van der Waals surface area contributed by atoms with E-state index in [-0.39, 0.29) is 0 Å². The van der Waals surface area contributed by atoms with Crippen LogP contribution >= 0.6 is 31.9 Å². The number of rotatable bonds is 3. The molecule has 0 amide bonds. The van der Waals surface area contributed by atoms with Crippen LogP contribution in [0.1, 0.15) is 0 Å². The van der Waals surface area contributed by atoms with Crippen LogP contribution in [0.4, 0.5) is 70.2 Å². The molecule has 0 heterocycles. The fraction of sp³-hybridized carbons (Fsp3) is 0. The van der Waals surface area contributed by atoms with Crippen LogP contribution < -0.4 is 0 Å². The molecule has 0 saturated heterocycles. The maximum atomic E-state index is 14.9. The van der Waals surface area contributed by atoms with E-state index < -0.39 is 135 Å². The lowest BCUT2D eigenvalue weighted by atomic mass is 9.93. The summed E-state index contributed by atoms with van der Waals surface area (Å²) in [5.74, 6) is -44.1. The molecule has 0 spiro atoms. The van der Waals surface area contributed by atoms with Gasteiger partial charge in [-0.2, -0.15) is 0 Å². The molecule has 0 aromatic heterocycles. The van der Waals surface area contributed by atoms with Gasteiger partial charge in [0.2, 0.25) is 0 Å². The molecule has 0 unspecified atom stereocenters. The van der Waals surface area contributed by atoms with Gasteiger partial charge in [-0.15, -0.1) is 0 Å². The quantitative estimate of drug-likeness (QED) is 0.111. The first kappa shape index (κ1) is 31.7. The normalized spacial score (nSPS) is 11.6. The fourth-order valence-electron chi connectivity index (χ4n) is 3.79. The maximum Gasteiger partial charge on any atom is 0.176 e. The van der Waals surface area contributed by atoms with Crippen molar-refractivity contribution in [2.45, 2.75) is 0 Å². The van der Waals surface area contributed by atoms with E-state index in [2.05, 4.69) is 31.9 Å². The van der Waals surface area contributed by atoms with E-state index in [4.69, 9.17) is 0 Å². The Balaban J connectivity index is 2.11. The first-order valence-electron chi connectivity index (χ1n) is 10.2. The minimum absolute atomic E-state index is 1.56. The van der Waals surface area contributed by atoms with E-state index in [1.54, 1.807) is 0 Å². The molecule has 42 heavy (non-hydrogen) atoms. The number of hydrogen-bond acceptors (Lipinski definition) is 0. The van der Waals surface area contributed by atoms with Crippen LogP contribution in [0.25, 0.3) is 33.4 Å². The molecule has 4 aromatic carbocycles. The van der Waals surface area contributed by atoms with Gasteiger partial charge in [0, 0.05) is 0 Å². The summed E-state index contributed by atoms with van der Waals surface area (Å²) in [5, 5.41) is 0. The Morgan fingerprint density at radius 1 is 0.190 bits per heavy atom. The molecular weight excluding hydrogens is 752 g/mol. The summed E-state index contributed by atoms with van der Waals surface area (Å²) in [6.45, 7) is 0. The topological polar surface area (TPSA) is 0 Å². The van der Waals surface area contributed by atoms with Crippen molar-refractivity contribution in [3.63, 3.8) is 0 Å². The van der Waals surface area contributed by atoms with Crippen LogP contribution in [0.15, 0.2) is 8.95 Å². The second kappa shape index (κ2) is 10.8. The first-order chi connectivity index (χ1) is 19.4. The van der Waals surface area contributed by atoms with Crippen LogP contribution in [0.5, 0.6) is 0 Å². The molecule has 4 rings (SSSR count). The van der Waals surface area contributed by atoms with Crippen molar-refractivity contribution in [3.05, 3.63) is 102 Å². The first-order valence-corrected chi connectivity index (χ1v) is 11.7. The number of halogens is 18. The van der Waals surface area contributed by atoms with Crippen molar-refractivity contribution in [2.75, 3.05) is 0 Å². The van der Waals surface area contributed by atoms with Gasteiger partial charge in [-0.1, -0.05) is 0 Å². The lowest BCUT2D eigenvalue weighted by Crippen LogP contribution is -2.12. The zero-order valence-electron chi connectivity index (χ0n) is 18.8. The summed E-state index contributed by atoms with van der Waals surface area (Å²) in [5.41, 5.74) is -15.2. The summed E-state index contributed by atoms with van der Waals surface area (Å²) in [6, 6.07) is 0. The third-order valence-electron chi connectivity index (χ3n) is 5.70. The highest BCUT2D eigenvalue weighted by Crippen LogP contribution is 2.45. The van der Waals surface area contributed by atoms with Crippen LogP contribution in [0.3, 0.4) is 0 Å². The monoisotopic (exact) mass is 750 g/mol. The highest BCUT2D eigenvalue weighted by molar-refractivity contribution is 9.10. The molecule has 222 valence electrons. The molecule has 0 nitrogen and oxygen atoms in total. The minimum atomic E-state index is -3.05. The standard InChI is InChI=1S/C24Br2F16/c25-7-21(39)17(35)5(18(36)22(7)40)3-13(31)9(27)1(10(28)14(3)32)2-11(29)15(33)4(16(34)12(2)30)6-19(37)23(41)8(26)24(42)20(6)38. The Morgan fingerprint density at radius 2 is 0.286 bits per heavy atom. The Hall–Kier alpha value is -3.28. The van der Waals surface area contributed by atoms with Crippen molar-refractivity contribution in [2.24, 2.45) is 0 Å². The van der Waals surface area contributed by atoms with E-state index in [0.29, 0.717) is 0 Å². The Morgan fingerprint density at radius 3 is 0.405 bits per heavy atom. The Bertz CT molecular complexity index is 1620. The Labute approximate surface area is 237 Å². The van der Waals surface area contributed by atoms with E-state index in [9.17, 15) is 70.2 Å². The smallest absolute Gasteiger partial charge is 0.176 e. The molecule has 0 aliphatic rings. The maximum absolute atomic E-state index is 14.9. The highest BCUT2D eigenvalue weighted by atomic mass is 79.9. The van der Waals surface area contributed by atoms with Crippen LogP contribution in [0, 0.1) is 93.1 Å². The van der Waals surface area contributed by atoms with Gasteiger partial charge in [-0.25, -0.2) is 70.2 Å². The van der Waals surface area contributed by atoms with Gasteiger partial charge in [-0.05, 0) is 31.9 Å². The van der Waals surface area contributed by atoms with Gasteiger partial charge >= 0.3 is 0 Å². The van der Waals surface area contributed by atoms with Gasteiger partial charge in [0.25, 0.3) is 0 Å². The van der Waals surface area contributed by atoms with Crippen molar-refractivity contribution in [1.82, 2.24) is 0 Å².